The number of anilines is 1. The van der Waals surface area contributed by atoms with Crippen LogP contribution in [0.3, 0.4) is 0 Å². The molecule has 7 heteroatoms. The summed E-state index contributed by atoms with van der Waals surface area (Å²) in [6.07, 6.45) is 5.29. The molecule has 1 fully saturated rings. The third-order valence-corrected chi connectivity index (χ3v) is 4.62. The molecule has 0 atom stereocenters. The highest BCUT2D eigenvalue weighted by atomic mass is 16.5. The third kappa shape index (κ3) is 4.25. The Morgan fingerprint density at radius 2 is 1.79 bits per heavy atom. The van der Waals surface area contributed by atoms with Crippen LogP contribution in [0.2, 0.25) is 0 Å². The summed E-state index contributed by atoms with van der Waals surface area (Å²) in [6.45, 7) is 2.67. The number of para-hydroxylation sites is 1. The van der Waals surface area contributed by atoms with E-state index in [4.69, 9.17) is 4.74 Å². The Kier molecular flexibility index (Phi) is 5.42. The molecule has 142 valence electrons. The quantitative estimate of drug-likeness (QED) is 0.681. The first kappa shape index (κ1) is 17.9. The van der Waals surface area contributed by atoms with E-state index < -0.39 is 0 Å². The highest BCUT2D eigenvalue weighted by molar-refractivity contribution is 5.78. The second kappa shape index (κ2) is 8.47. The number of carbonyl (C=O) groups excluding carboxylic acids is 1. The Morgan fingerprint density at radius 3 is 2.54 bits per heavy atom. The van der Waals surface area contributed by atoms with Gasteiger partial charge in [-0.2, -0.15) is 0 Å². The molecule has 4 rings (SSSR count). The van der Waals surface area contributed by atoms with E-state index in [9.17, 15) is 4.79 Å². The van der Waals surface area contributed by atoms with E-state index in [1.807, 2.05) is 53.4 Å². The van der Waals surface area contributed by atoms with Gasteiger partial charge in [0.05, 0.1) is 5.69 Å². The fourth-order valence-electron chi connectivity index (χ4n) is 3.08. The zero-order valence-electron chi connectivity index (χ0n) is 15.4. The molecule has 7 nitrogen and oxygen atoms in total. The van der Waals surface area contributed by atoms with Gasteiger partial charge in [-0.3, -0.25) is 9.78 Å². The average Bonchev–Trinajstić information content (AvgIpc) is 2.79. The maximum Gasteiger partial charge on any atom is 0.260 e. The van der Waals surface area contributed by atoms with Crippen molar-refractivity contribution in [1.29, 1.82) is 0 Å². The van der Waals surface area contributed by atoms with Crippen LogP contribution in [0.15, 0.2) is 67.1 Å². The fraction of sp³-hybridized carbons (Fsp3) is 0.238. The minimum Gasteiger partial charge on any atom is -0.484 e. The second-order valence-corrected chi connectivity index (χ2v) is 6.45. The first-order chi connectivity index (χ1) is 13.8. The van der Waals surface area contributed by atoms with E-state index >= 15 is 0 Å². The van der Waals surface area contributed by atoms with Crippen molar-refractivity contribution in [3.63, 3.8) is 0 Å². The number of carbonyl (C=O) groups is 1. The zero-order valence-corrected chi connectivity index (χ0v) is 15.4. The van der Waals surface area contributed by atoms with Crippen LogP contribution in [-0.2, 0) is 4.79 Å². The number of pyridine rings is 1. The van der Waals surface area contributed by atoms with Crippen molar-refractivity contribution in [3.05, 3.63) is 67.1 Å². The monoisotopic (exact) mass is 375 g/mol. The van der Waals surface area contributed by atoms with Crippen molar-refractivity contribution in [3.8, 4) is 17.0 Å². The number of piperazine rings is 1. The van der Waals surface area contributed by atoms with Crippen molar-refractivity contribution in [2.45, 2.75) is 0 Å². The van der Waals surface area contributed by atoms with Gasteiger partial charge in [-0.15, -0.1) is 0 Å². The Bertz CT molecular complexity index is 912. The maximum absolute atomic E-state index is 12.4. The first-order valence-electron chi connectivity index (χ1n) is 9.23. The Labute approximate surface area is 163 Å². The number of nitrogens with zero attached hydrogens (tertiary/aromatic N) is 5. The number of rotatable bonds is 5. The van der Waals surface area contributed by atoms with Gasteiger partial charge in [0.2, 0.25) is 5.95 Å². The van der Waals surface area contributed by atoms with Crippen molar-refractivity contribution >= 4 is 11.9 Å². The average molecular weight is 375 g/mol. The summed E-state index contributed by atoms with van der Waals surface area (Å²) in [5, 5.41) is 0. The van der Waals surface area contributed by atoms with Crippen LogP contribution < -0.4 is 9.64 Å². The topological polar surface area (TPSA) is 71.5 Å². The minimum absolute atomic E-state index is 0.00599. The minimum atomic E-state index is -0.00599. The lowest BCUT2D eigenvalue weighted by atomic mass is 10.2. The molecule has 0 N–H and O–H groups in total. The van der Waals surface area contributed by atoms with Crippen molar-refractivity contribution in [2.75, 3.05) is 37.7 Å². The van der Waals surface area contributed by atoms with E-state index in [1.165, 1.54) is 0 Å². The fourth-order valence-corrected chi connectivity index (χ4v) is 3.08. The molecule has 1 aromatic carbocycles. The van der Waals surface area contributed by atoms with Crippen LogP contribution in [0.5, 0.6) is 5.75 Å². The Morgan fingerprint density at radius 1 is 0.964 bits per heavy atom. The molecular weight excluding hydrogens is 354 g/mol. The summed E-state index contributed by atoms with van der Waals surface area (Å²) in [7, 11) is 0. The molecule has 1 aliphatic heterocycles. The number of ether oxygens (including phenoxy) is 1. The summed E-state index contributed by atoms with van der Waals surface area (Å²) < 4.78 is 5.56. The molecule has 3 aromatic rings. The molecule has 28 heavy (non-hydrogen) atoms. The lowest BCUT2D eigenvalue weighted by Gasteiger charge is -2.34. The van der Waals surface area contributed by atoms with E-state index in [2.05, 4.69) is 19.9 Å². The van der Waals surface area contributed by atoms with Gasteiger partial charge in [-0.05, 0) is 30.3 Å². The maximum atomic E-state index is 12.4. The van der Waals surface area contributed by atoms with E-state index in [0.717, 1.165) is 11.3 Å². The molecule has 1 amide bonds. The second-order valence-electron chi connectivity index (χ2n) is 6.45. The lowest BCUT2D eigenvalue weighted by Crippen LogP contribution is -2.50. The number of aromatic nitrogens is 3. The summed E-state index contributed by atoms with van der Waals surface area (Å²) in [5.74, 6) is 1.37. The summed E-state index contributed by atoms with van der Waals surface area (Å²) in [6, 6.07) is 15.1. The third-order valence-electron chi connectivity index (χ3n) is 4.62. The molecule has 3 heterocycles. The van der Waals surface area contributed by atoms with Gasteiger partial charge in [-0.25, -0.2) is 9.97 Å². The van der Waals surface area contributed by atoms with Crippen molar-refractivity contribution in [2.24, 2.45) is 0 Å². The Hall–Kier alpha value is -3.48. The Balaban J connectivity index is 1.33. The first-order valence-corrected chi connectivity index (χ1v) is 9.23. The van der Waals surface area contributed by atoms with Crippen LogP contribution in [0.1, 0.15) is 0 Å². The number of benzene rings is 1. The SMILES string of the molecule is O=C(COc1ccccc1)N1CCN(c2nccc(-c3cccnc3)n2)CC1. The van der Waals surface area contributed by atoms with Crippen LogP contribution in [-0.4, -0.2) is 58.5 Å². The standard InChI is InChI=1S/C21H21N5O2/c27-20(16-28-18-6-2-1-3-7-18)25-11-13-26(14-12-25)21-23-10-8-19(24-21)17-5-4-9-22-15-17/h1-10,15H,11-14,16H2. The molecule has 0 saturated carbocycles. The largest absolute Gasteiger partial charge is 0.484 e. The van der Waals surface area contributed by atoms with Gasteiger partial charge in [0.15, 0.2) is 6.61 Å². The smallest absolute Gasteiger partial charge is 0.260 e. The van der Waals surface area contributed by atoms with Crippen LogP contribution in [0, 0.1) is 0 Å². The summed E-state index contributed by atoms with van der Waals surface area (Å²) >= 11 is 0. The summed E-state index contributed by atoms with van der Waals surface area (Å²) in [5.41, 5.74) is 1.80. The predicted molar refractivity (Wildman–Crippen MR) is 106 cm³/mol. The van der Waals surface area contributed by atoms with Gasteiger partial charge in [0.1, 0.15) is 5.75 Å². The number of hydrogen-bond donors (Lipinski definition) is 0. The molecule has 1 aliphatic rings. The van der Waals surface area contributed by atoms with E-state index in [-0.39, 0.29) is 12.5 Å². The molecule has 0 unspecified atom stereocenters. The summed E-state index contributed by atoms with van der Waals surface area (Å²) in [4.78, 5) is 29.5. The van der Waals surface area contributed by atoms with Crippen molar-refractivity contribution in [1.82, 2.24) is 19.9 Å². The van der Waals surface area contributed by atoms with Gasteiger partial charge in [0.25, 0.3) is 5.91 Å². The molecule has 0 aliphatic carbocycles. The number of hydrogen-bond acceptors (Lipinski definition) is 6. The predicted octanol–water partition coefficient (Wildman–Crippen LogP) is 2.27. The van der Waals surface area contributed by atoms with E-state index in [0.29, 0.717) is 37.9 Å². The van der Waals surface area contributed by atoms with Crippen LogP contribution in [0.4, 0.5) is 5.95 Å². The van der Waals surface area contributed by atoms with Gasteiger partial charge in [-0.1, -0.05) is 18.2 Å². The highest BCUT2D eigenvalue weighted by Gasteiger charge is 2.23. The van der Waals surface area contributed by atoms with Crippen LogP contribution in [0.25, 0.3) is 11.3 Å². The highest BCUT2D eigenvalue weighted by Crippen LogP contribution is 2.19. The zero-order chi connectivity index (χ0) is 19.2. The van der Waals surface area contributed by atoms with Gasteiger partial charge >= 0.3 is 0 Å². The normalized spacial score (nSPS) is 14.0. The van der Waals surface area contributed by atoms with E-state index in [1.54, 1.807) is 18.6 Å². The van der Waals surface area contributed by atoms with Gasteiger partial charge < -0.3 is 14.5 Å². The lowest BCUT2D eigenvalue weighted by molar-refractivity contribution is -0.133. The number of amides is 1. The molecule has 0 bridgehead atoms. The van der Waals surface area contributed by atoms with Crippen LogP contribution >= 0.6 is 0 Å². The molecular formula is C21H21N5O2. The molecule has 2 aromatic heterocycles. The molecule has 0 radical (unpaired) electrons. The molecule has 1 saturated heterocycles. The van der Waals surface area contributed by atoms with Crippen molar-refractivity contribution < 1.29 is 9.53 Å². The van der Waals surface area contributed by atoms with Gasteiger partial charge in [0, 0.05) is 50.3 Å². The molecule has 0 spiro atoms.